The second-order valence-corrected chi connectivity index (χ2v) is 6.79. The molecule has 0 saturated carbocycles. The van der Waals surface area contributed by atoms with E-state index in [1.165, 1.54) is 6.92 Å². The number of aliphatic hydroxyl groups is 1. The average molecular weight is 438 g/mol. The van der Waals surface area contributed by atoms with Crippen LogP contribution < -0.4 is 21.7 Å². The summed E-state index contributed by atoms with van der Waals surface area (Å²) in [5, 5.41) is 34.1. The standard InChI is InChI=1S/C19H26N4O8/c1-10(24)16(20)18(29)21-9-14(25)22-12(8-15(26)27)17(28)23-13(19(30)31)7-11-5-3-2-4-6-11/h2-6,10,12-13,16,24H,7-9,20H2,1H3,(H,21,29)(H,22,25)(H,23,28)(H,26,27)(H,30,31). The smallest absolute Gasteiger partial charge is 0.326 e. The van der Waals surface area contributed by atoms with E-state index in [0.717, 1.165) is 0 Å². The number of amides is 3. The molecule has 31 heavy (non-hydrogen) atoms. The zero-order valence-electron chi connectivity index (χ0n) is 16.8. The van der Waals surface area contributed by atoms with Crippen molar-refractivity contribution in [2.75, 3.05) is 6.54 Å². The summed E-state index contributed by atoms with van der Waals surface area (Å²) >= 11 is 0. The second-order valence-electron chi connectivity index (χ2n) is 6.79. The molecular weight excluding hydrogens is 412 g/mol. The molecule has 8 N–H and O–H groups in total. The summed E-state index contributed by atoms with van der Waals surface area (Å²) < 4.78 is 0. The van der Waals surface area contributed by atoms with Gasteiger partial charge in [-0.1, -0.05) is 30.3 Å². The van der Waals surface area contributed by atoms with E-state index in [4.69, 9.17) is 10.8 Å². The third-order valence-electron chi connectivity index (χ3n) is 4.17. The summed E-state index contributed by atoms with van der Waals surface area (Å²) in [4.78, 5) is 58.7. The van der Waals surface area contributed by atoms with Crippen molar-refractivity contribution in [2.24, 2.45) is 5.73 Å². The molecule has 12 nitrogen and oxygen atoms in total. The van der Waals surface area contributed by atoms with Gasteiger partial charge in [0.15, 0.2) is 0 Å². The molecule has 0 aliphatic rings. The van der Waals surface area contributed by atoms with Gasteiger partial charge in [0.1, 0.15) is 18.1 Å². The van der Waals surface area contributed by atoms with Crippen molar-refractivity contribution in [1.29, 1.82) is 0 Å². The normalized spacial score (nSPS) is 14.4. The van der Waals surface area contributed by atoms with Crippen molar-refractivity contribution in [2.45, 2.75) is 44.0 Å². The topological polar surface area (TPSA) is 208 Å². The number of hydrogen-bond donors (Lipinski definition) is 7. The van der Waals surface area contributed by atoms with Crippen LogP contribution in [-0.4, -0.2) is 75.8 Å². The van der Waals surface area contributed by atoms with E-state index in [1.807, 2.05) is 0 Å². The van der Waals surface area contributed by atoms with E-state index in [9.17, 15) is 34.2 Å². The van der Waals surface area contributed by atoms with Gasteiger partial charge in [-0.2, -0.15) is 0 Å². The Balaban J connectivity index is 2.76. The molecule has 4 atom stereocenters. The fourth-order valence-electron chi connectivity index (χ4n) is 2.46. The van der Waals surface area contributed by atoms with Gasteiger partial charge >= 0.3 is 11.9 Å². The van der Waals surface area contributed by atoms with Crippen LogP contribution in [0.3, 0.4) is 0 Å². The van der Waals surface area contributed by atoms with Crippen LogP contribution in [0.15, 0.2) is 30.3 Å². The lowest BCUT2D eigenvalue weighted by atomic mass is 10.1. The molecule has 170 valence electrons. The maximum Gasteiger partial charge on any atom is 0.326 e. The highest BCUT2D eigenvalue weighted by molar-refractivity contribution is 5.94. The quantitative estimate of drug-likeness (QED) is 0.185. The van der Waals surface area contributed by atoms with E-state index < -0.39 is 66.9 Å². The molecule has 4 unspecified atom stereocenters. The van der Waals surface area contributed by atoms with Crippen LogP contribution in [0.5, 0.6) is 0 Å². The fourth-order valence-corrected chi connectivity index (χ4v) is 2.46. The number of carboxylic acid groups (broad SMARTS) is 2. The van der Waals surface area contributed by atoms with Crippen molar-refractivity contribution in [3.63, 3.8) is 0 Å². The summed E-state index contributed by atoms with van der Waals surface area (Å²) in [7, 11) is 0. The van der Waals surface area contributed by atoms with Crippen molar-refractivity contribution >= 4 is 29.7 Å². The Kier molecular flexibility index (Phi) is 10.1. The molecule has 1 aromatic rings. The molecule has 0 bridgehead atoms. The first kappa shape index (κ1) is 25.5. The first-order valence-electron chi connectivity index (χ1n) is 9.30. The van der Waals surface area contributed by atoms with Gasteiger partial charge in [0.05, 0.1) is 19.1 Å². The number of carbonyl (C=O) groups is 5. The van der Waals surface area contributed by atoms with E-state index in [0.29, 0.717) is 5.56 Å². The molecule has 0 radical (unpaired) electrons. The first-order valence-corrected chi connectivity index (χ1v) is 9.30. The van der Waals surface area contributed by atoms with Crippen molar-refractivity contribution in [1.82, 2.24) is 16.0 Å². The minimum Gasteiger partial charge on any atom is -0.481 e. The molecule has 1 aromatic carbocycles. The van der Waals surface area contributed by atoms with Gasteiger partial charge in [0.2, 0.25) is 17.7 Å². The maximum atomic E-state index is 12.5. The number of carboxylic acids is 2. The monoisotopic (exact) mass is 438 g/mol. The van der Waals surface area contributed by atoms with Gasteiger partial charge < -0.3 is 37.0 Å². The van der Waals surface area contributed by atoms with Gasteiger partial charge in [-0.15, -0.1) is 0 Å². The molecule has 12 heteroatoms. The predicted octanol–water partition coefficient (Wildman–Crippen LogP) is -2.42. The minimum absolute atomic E-state index is 0.0526. The molecule has 1 rings (SSSR count). The number of aliphatic carboxylic acids is 2. The minimum atomic E-state index is -1.58. The number of carbonyl (C=O) groups excluding carboxylic acids is 3. The number of nitrogens with one attached hydrogen (secondary N) is 3. The predicted molar refractivity (Wildman–Crippen MR) is 107 cm³/mol. The Morgan fingerprint density at radius 2 is 1.58 bits per heavy atom. The van der Waals surface area contributed by atoms with E-state index >= 15 is 0 Å². The molecule has 0 fully saturated rings. The lowest BCUT2D eigenvalue weighted by Crippen LogP contribution is -2.55. The first-order chi connectivity index (χ1) is 14.5. The van der Waals surface area contributed by atoms with E-state index in [1.54, 1.807) is 30.3 Å². The number of aliphatic hydroxyl groups excluding tert-OH is 1. The second kappa shape index (κ2) is 12.2. The van der Waals surface area contributed by atoms with Gasteiger partial charge in [-0.25, -0.2) is 4.79 Å². The molecule has 0 aliphatic heterocycles. The van der Waals surface area contributed by atoms with E-state index in [2.05, 4.69) is 16.0 Å². The van der Waals surface area contributed by atoms with Crippen molar-refractivity contribution in [3.05, 3.63) is 35.9 Å². The summed E-state index contributed by atoms with van der Waals surface area (Å²) in [5.74, 6) is -5.47. The van der Waals surface area contributed by atoms with Gasteiger partial charge in [0.25, 0.3) is 0 Å². The number of benzene rings is 1. The third kappa shape index (κ3) is 9.23. The lowest BCUT2D eigenvalue weighted by Gasteiger charge is -2.21. The van der Waals surface area contributed by atoms with Crippen LogP contribution in [0.25, 0.3) is 0 Å². The molecule has 0 aliphatic carbocycles. The van der Waals surface area contributed by atoms with Crippen LogP contribution in [0.4, 0.5) is 0 Å². The summed E-state index contributed by atoms with van der Waals surface area (Å²) in [5.41, 5.74) is 6.05. The highest BCUT2D eigenvalue weighted by atomic mass is 16.4. The van der Waals surface area contributed by atoms with Crippen molar-refractivity contribution in [3.8, 4) is 0 Å². The molecule has 0 spiro atoms. The summed E-state index contributed by atoms with van der Waals surface area (Å²) in [6.45, 7) is 0.654. The molecule has 3 amide bonds. The van der Waals surface area contributed by atoms with Crippen molar-refractivity contribution < 1.29 is 39.3 Å². The Bertz CT molecular complexity index is 799. The SMILES string of the molecule is CC(O)C(N)C(=O)NCC(=O)NC(CC(=O)O)C(=O)NC(Cc1ccccc1)C(=O)O. The van der Waals surface area contributed by atoms with Crippen LogP contribution in [0, 0.1) is 0 Å². The summed E-state index contributed by atoms with van der Waals surface area (Å²) in [6.07, 6.45) is -2.02. The van der Waals surface area contributed by atoms with Crippen LogP contribution in [0.1, 0.15) is 18.9 Å². The Morgan fingerprint density at radius 1 is 0.968 bits per heavy atom. The van der Waals surface area contributed by atoms with Crippen LogP contribution in [-0.2, 0) is 30.4 Å². The maximum absolute atomic E-state index is 12.5. The summed E-state index contributed by atoms with van der Waals surface area (Å²) in [6, 6.07) is 4.25. The third-order valence-corrected chi connectivity index (χ3v) is 4.17. The fraction of sp³-hybridized carbons (Fsp3) is 0.421. The average Bonchev–Trinajstić information content (AvgIpc) is 2.70. The highest BCUT2D eigenvalue weighted by Crippen LogP contribution is 2.05. The number of hydrogen-bond acceptors (Lipinski definition) is 7. The lowest BCUT2D eigenvalue weighted by molar-refractivity contribution is -0.143. The number of rotatable bonds is 12. The van der Waals surface area contributed by atoms with Gasteiger partial charge in [0, 0.05) is 6.42 Å². The number of nitrogens with two attached hydrogens (primary N) is 1. The van der Waals surface area contributed by atoms with Gasteiger partial charge in [-0.3, -0.25) is 19.2 Å². The van der Waals surface area contributed by atoms with E-state index in [-0.39, 0.29) is 6.42 Å². The molecule has 0 heterocycles. The Hall–Kier alpha value is -3.51. The van der Waals surface area contributed by atoms with Crippen LogP contribution >= 0.6 is 0 Å². The van der Waals surface area contributed by atoms with Crippen LogP contribution in [0.2, 0.25) is 0 Å². The zero-order valence-corrected chi connectivity index (χ0v) is 16.8. The highest BCUT2D eigenvalue weighted by Gasteiger charge is 2.29. The largest absolute Gasteiger partial charge is 0.481 e. The molecule has 0 aromatic heterocycles. The Morgan fingerprint density at radius 3 is 2.10 bits per heavy atom. The Labute approximate surface area is 177 Å². The molecule has 0 saturated heterocycles. The van der Waals surface area contributed by atoms with Gasteiger partial charge in [-0.05, 0) is 12.5 Å². The molecular formula is C19H26N4O8. The zero-order chi connectivity index (χ0) is 23.6.